The number of primary sulfonamides is 1. The lowest BCUT2D eigenvalue weighted by Gasteiger charge is -2.09. The van der Waals surface area contributed by atoms with Gasteiger partial charge in [0.2, 0.25) is 10.0 Å². The smallest absolute Gasteiger partial charge is 0.269 e. The van der Waals surface area contributed by atoms with E-state index in [9.17, 15) is 22.8 Å². The van der Waals surface area contributed by atoms with Gasteiger partial charge in [-0.25, -0.2) is 27.7 Å². The van der Waals surface area contributed by atoms with Gasteiger partial charge in [0.1, 0.15) is 0 Å². The van der Waals surface area contributed by atoms with Crippen LogP contribution in [0, 0.1) is 5.82 Å². The number of sulfonamides is 1. The number of nitrogens with zero attached hydrogens (tertiary/aromatic N) is 3. The zero-order valence-corrected chi connectivity index (χ0v) is 17.4. The van der Waals surface area contributed by atoms with Gasteiger partial charge in [-0.2, -0.15) is 5.10 Å². The number of carbonyl (C=O) groups is 1. The molecule has 162 valence electrons. The van der Waals surface area contributed by atoms with E-state index in [4.69, 9.17) is 9.88 Å². The maximum absolute atomic E-state index is 14.3. The highest BCUT2D eigenvalue weighted by atomic mass is 32.2. The Morgan fingerprint density at radius 2 is 1.90 bits per heavy atom. The van der Waals surface area contributed by atoms with Crippen LogP contribution in [0.3, 0.4) is 0 Å². The Morgan fingerprint density at radius 3 is 2.45 bits per heavy atom. The Labute approximate surface area is 177 Å². The molecule has 0 fully saturated rings. The third-order valence-corrected chi connectivity index (χ3v) is 5.23. The van der Waals surface area contributed by atoms with Crippen LogP contribution in [0.1, 0.15) is 5.69 Å². The average molecular weight is 446 g/mol. The Hall–Kier alpha value is -3.54. The molecule has 0 radical (unpaired) electrons. The summed E-state index contributed by atoms with van der Waals surface area (Å²) in [6.45, 7) is 0. The molecule has 0 unspecified atom stereocenters. The van der Waals surface area contributed by atoms with Gasteiger partial charge in [0.05, 0.1) is 29.1 Å². The summed E-state index contributed by atoms with van der Waals surface area (Å²) in [6.07, 6.45) is 2.50. The fourth-order valence-electron chi connectivity index (χ4n) is 2.75. The topological polar surface area (TPSA) is 128 Å². The van der Waals surface area contributed by atoms with Crippen molar-refractivity contribution in [3.63, 3.8) is 0 Å². The molecule has 0 spiro atoms. The molecule has 11 heteroatoms. The monoisotopic (exact) mass is 446 g/mol. The van der Waals surface area contributed by atoms with Crippen LogP contribution < -0.4 is 9.88 Å². The first-order valence-electron chi connectivity index (χ1n) is 8.82. The molecule has 1 amide bonds. The summed E-state index contributed by atoms with van der Waals surface area (Å²) in [7, 11) is -1.33. The van der Waals surface area contributed by atoms with Crippen LogP contribution in [0.25, 0.3) is 23.0 Å². The maximum atomic E-state index is 14.3. The molecule has 0 atom stereocenters. The molecule has 0 saturated heterocycles. The lowest BCUT2D eigenvalue weighted by Crippen LogP contribution is -2.19. The third-order valence-electron chi connectivity index (χ3n) is 4.30. The molecule has 0 aliphatic heterocycles. The van der Waals surface area contributed by atoms with Crippen LogP contribution in [-0.2, 0) is 14.8 Å². The second kappa shape index (κ2) is 8.68. The van der Waals surface area contributed by atoms with Crippen LogP contribution in [0.4, 0.5) is 4.39 Å². The van der Waals surface area contributed by atoms with E-state index in [1.807, 2.05) is 0 Å². The van der Waals surface area contributed by atoms with Crippen molar-refractivity contribution < 1.29 is 27.5 Å². The molecule has 0 saturated carbocycles. The largest absolute Gasteiger partial charge is 0.494 e. The molecule has 1 heterocycles. The fraction of sp³-hybridized carbons (Fsp3) is 0.100. The van der Waals surface area contributed by atoms with E-state index in [1.54, 1.807) is 12.1 Å². The van der Waals surface area contributed by atoms with Gasteiger partial charge in [-0.15, -0.1) is 0 Å². The summed E-state index contributed by atoms with van der Waals surface area (Å²) in [4.78, 5) is 11.5. The van der Waals surface area contributed by atoms with Gasteiger partial charge in [-0.3, -0.25) is 10.0 Å². The number of nitrogens with two attached hydrogens (primary N) is 1. The van der Waals surface area contributed by atoms with Crippen molar-refractivity contribution in [3.8, 4) is 22.7 Å². The first-order chi connectivity index (χ1) is 14.6. The zero-order valence-electron chi connectivity index (χ0n) is 16.6. The lowest BCUT2D eigenvalue weighted by molar-refractivity contribution is -0.153. The molecule has 3 N–H and O–H groups in total. The quantitative estimate of drug-likeness (QED) is 0.339. The predicted octanol–water partition coefficient (Wildman–Crippen LogP) is 2.20. The highest BCUT2D eigenvalue weighted by Gasteiger charge is 2.15. The van der Waals surface area contributed by atoms with Crippen molar-refractivity contribution in [2.45, 2.75) is 4.90 Å². The Morgan fingerprint density at radius 1 is 1.23 bits per heavy atom. The number of hydrogen-bond donors (Lipinski definition) is 2. The van der Waals surface area contributed by atoms with E-state index in [1.165, 1.54) is 61.3 Å². The summed E-state index contributed by atoms with van der Waals surface area (Å²) >= 11 is 0. The number of rotatable bonds is 6. The van der Waals surface area contributed by atoms with E-state index in [0.717, 1.165) is 6.08 Å². The van der Waals surface area contributed by atoms with Crippen LogP contribution in [0.5, 0.6) is 5.75 Å². The summed E-state index contributed by atoms with van der Waals surface area (Å²) in [5, 5.41) is 19.1. The minimum absolute atomic E-state index is 0.0721. The molecule has 0 aliphatic rings. The van der Waals surface area contributed by atoms with E-state index in [2.05, 4.69) is 5.10 Å². The predicted molar refractivity (Wildman–Crippen MR) is 110 cm³/mol. The van der Waals surface area contributed by atoms with Crippen LogP contribution in [0.2, 0.25) is 0 Å². The molecule has 31 heavy (non-hydrogen) atoms. The number of methoxy groups -OCH3 is 1. The average Bonchev–Trinajstić information content (AvgIpc) is 3.15. The summed E-state index contributed by atoms with van der Waals surface area (Å²) in [6, 6.07) is 11.6. The van der Waals surface area contributed by atoms with Crippen molar-refractivity contribution in [3.05, 3.63) is 66.1 Å². The summed E-state index contributed by atoms with van der Waals surface area (Å²) in [5.74, 6) is -1.17. The lowest BCUT2D eigenvalue weighted by atomic mass is 10.1. The Bertz CT molecular complexity index is 1250. The number of amides is 1. The molecule has 3 rings (SSSR count). The number of benzene rings is 2. The summed E-state index contributed by atoms with van der Waals surface area (Å²) < 4.78 is 43.7. The van der Waals surface area contributed by atoms with Gasteiger partial charge in [-0.1, -0.05) is 0 Å². The standard InChI is InChI=1S/C20H19FN4O5S/c1-24(27)20(26)10-4-14-12-18(13-3-9-19(30-2)17(21)11-13)25(23-14)15-5-7-16(8-6-15)31(22,28)29/h3-12,27H,1-2H3,(H2,22,28,29). The minimum atomic E-state index is -3.87. The van der Waals surface area contributed by atoms with E-state index < -0.39 is 21.7 Å². The number of halogens is 1. The van der Waals surface area contributed by atoms with Gasteiger partial charge < -0.3 is 4.74 Å². The van der Waals surface area contributed by atoms with Crippen LogP contribution in [-0.4, -0.2) is 48.5 Å². The molecule has 2 aromatic carbocycles. The number of hydroxylamine groups is 2. The second-order valence-corrected chi connectivity index (χ2v) is 8.01. The van der Waals surface area contributed by atoms with Crippen molar-refractivity contribution >= 4 is 22.0 Å². The van der Waals surface area contributed by atoms with E-state index >= 15 is 0 Å². The van der Waals surface area contributed by atoms with Gasteiger partial charge in [0.25, 0.3) is 5.91 Å². The number of hydrogen-bond acceptors (Lipinski definition) is 6. The highest BCUT2D eigenvalue weighted by Crippen LogP contribution is 2.29. The fourth-order valence-corrected chi connectivity index (χ4v) is 3.27. The first kappa shape index (κ1) is 22.2. The zero-order chi connectivity index (χ0) is 22.8. The Balaban J connectivity index is 2.12. The number of aromatic nitrogens is 2. The van der Waals surface area contributed by atoms with Crippen molar-refractivity contribution in [1.29, 1.82) is 0 Å². The normalized spacial score (nSPS) is 11.6. The molecule has 9 nitrogen and oxygen atoms in total. The molecule has 0 aliphatic carbocycles. The molecule has 1 aromatic heterocycles. The molecule has 0 bridgehead atoms. The number of likely N-dealkylation sites (N-methyl/N-ethyl adjacent to an activating group) is 1. The maximum Gasteiger partial charge on any atom is 0.269 e. The van der Waals surface area contributed by atoms with Crippen LogP contribution >= 0.6 is 0 Å². The minimum Gasteiger partial charge on any atom is -0.494 e. The van der Waals surface area contributed by atoms with Crippen molar-refractivity contribution in [2.75, 3.05) is 14.2 Å². The van der Waals surface area contributed by atoms with Crippen molar-refractivity contribution in [2.24, 2.45) is 5.14 Å². The van der Waals surface area contributed by atoms with Gasteiger partial charge in [0, 0.05) is 18.7 Å². The van der Waals surface area contributed by atoms with Crippen LogP contribution in [0.15, 0.2) is 59.5 Å². The SMILES string of the molecule is COc1ccc(-c2cc(C=CC(=O)N(C)O)nn2-c2ccc(S(N)(=O)=O)cc2)cc1F. The Kier molecular flexibility index (Phi) is 6.20. The highest BCUT2D eigenvalue weighted by molar-refractivity contribution is 7.89. The summed E-state index contributed by atoms with van der Waals surface area (Å²) in [5.41, 5.74) is 1.75. The second-order valence-electron chi connectivity index (χ2n) is 6.45. The third kappa shape index (κ3) is 4.97. The van der Waals surface area contributed by atoms with Crippen molar-refractivity contribution in [1.82, 2.24) is 14.8 Å². The van der Waals surface area contributed by atoms with Gasteiger partial charge >= 0.3 is 0 Å². The number of ether oxygens (including phenoxy) is 1. The van der Waals surface area contributed by atoms with E-state index in [0.29, 0.717) is 27.7 Å². The number of carbonyl (C=O) groups excluding carboxylic acids is 1. The molecular formula is C20H19FN4O5S. The molecular weight excluding hydrogens is 427 g/mol. The van der Waals surface area contributed by atoms with Gasteiger partial charge in [-0.05, 0) is 54.6 Å². The first-order valence-corrected chi connectivity index (χ1v) is 10.4. The van der Waals surface area contributed by atoms with E-state index in [-0.39, 0.29) is 10.6 Å². The van der Waals surface area contributed by atoms with Gasteiger partial charge in [0.15, 0.2) is 11.6 Å². The molecule has 3 aromatic rings.